The van der Waals surface area contributed by atoms with Crippen molar-refractivity contribution >= 4 is 32.5 Å². The minimum Gasteiger partial charge on any atom is -0.495 e. The van der Waals surface area contributed by atoms with E-state index in [1.165, 1.54) is 0 Å². The predicted octanol–water partition coefficient (Wildman–Crippen LogP) is 3.78. The van der Waals surface area contributed by atoms with Crippen molar-refractivity contribution in [3.8, 4) is 17.4 Å². The number of benzene rings is 1. The van der Waals surface area contributed by atoms with Gasteiger partial charge in [0.1, 0.15) is 11.5 Å². The monoisotopic (exact) mass is 345 g/mol. The highest BCUT2D eigenvalue weighted by Gasteiger charge is 2.09. The van der Waals surface area contributed by atoms with Crippen molar-refractivity contribution in [2.75, 3.05) is 12.8 Å². The summed E-state index contributed by atoms with van der Waals surface area (Å²) in [5, 5.41) is 0.865. The molecule has 0 aliphatic heterocycles. The van der Waals surface area contributed by atoms with Gasteiger partial charge in [0.15, 0.2) is 0 Å². The van der Waals surface area contributed by atoms with Crippen molar-refractivity contribution < 1.29 is 9.47 Å². The second-order valence-electron chi connectivity index (χ2n) is 4.34. The van der Waals surface area contributed by atoms with Crippen molar-refractivity contribution in [2.45, 2.75) is 0 Å². The lowest BCUT2D eigenvalue weighted by molar-refractivity contribution is 0.412. The van der Waals surface area contributed by atoms with Crippen LogP contribution in [0, 0.1) is 0 Å². The summed E-state index contributed by atoms with van der Waals surface area (Å²) in [6.45, 7) is 0. The van der Waals surface area contributed by atoms with Crippen LogP contribution < -0.4 is 15.2 Å². The number of rotatable bonds is 3. The van der Waals surface area contributed by atoms with Gasteiger partial charge in [-0.1, -0.05) is 0 Å². The average molecular weight is 346 g/mol. The Morgan fingerprint density at radius 3 is 2.67 bits per heavy atom. The third-order valence-corrected chi connectivity index (χ3v) is 3.57. The largest absolute Gasteiger partial charge is 0.495 e. The van der Waals surface area contributed by atoms with E-state index in [4.69, 9.17) is 15.2 Å². The van der Waals surface area contributed by atoms with E-state index in [9.17, 15) is 0 Å². The van der Waals surface area contributed by atoms with Crippen LogP contribution in [0.15, 0.2) is 47.2 Å². The molecule has 3 aromatic rings. The number of hydrogen-bond acceptors (Lipinski definition) is 5. The lowest BCUT2D eigenvalue weighted by atomic mass is 10.2. The smallest absolute Gasteiger partial charge is 0.219 e. The van der Waals surface area contributed by atoms with E-state index in [1.807, 2.05) is 12.1 Å². The predicted molar refractivity (Wildman–Crippen MR) is 84.7 cm³/mol. The van der Waals surface area contributed by atoms with Gasteiger partial charge in [-0.3, -0.25) is 4.98 Å². The fourth-order valence-corrected chi connectivity index (χ4v) is 2.44. The molecule has 0 atom stereocenters. The van der Waals surface area contributed by atoms with Crippen molar-refractivity contribution in [3.05, 3.63) is 47.2 Å². The van der Waals surface area contributed by atoms with Gasteiger partial charge in [0, 0.05) is 23.7 Å². The molecule has 0 saturated heterocycles. The zero-order valence-corrected chi connectivity index (χ0v) is 12.8. The van der Waals surface area contributed by atoms with E-state index in [1.54, 1.807) is 37.7 Å². The number of methoxy groups -OCH3 is 1. The lowest BCUT2D eigenvalue weighted by Gasteiger charge is -2.10. The number of nitrogens with two attached hydrogens (primary N) is 1. The van der Waals surface area contributed by atoms with Crippen LogP contribution >= 0.6 is 15.9 Å². The molecule has 0 unspecified atom stereocenters. The lowest BCUT2D eigenvalue weighted by Crippen LogP contribution is -1.93. The Kier molecular flexibility index (Phi) is 3.62. The molecule has 6 heteroatoms. The third kappa shape index (κ3) is 2.75. The normalized spacial score (nSPS) is 10.6. The summed E-state index contributed by atoms with van der Waals surface area (Å²) in [5.41, 5.74) is 6.99. The SMILES string of the molecule is COc1cc2nccc(Oc3ccc(N)cn3)c2cc1Br. The maximum Gasteiger partial charge on any atom is 0.219 e. The molecule has 0 amide bonds. The third-order valence-electron chi connectivity index (χ3n) is 2.95. The highest BCUT2D eigenvalue weighted by molar-refractivity contribution is 9.10. The molecule has 21 heavy (non-hydrogen) atoms. The highest BCUT2D eigenvalue weighted by atomic mass is 79.9. The molecule has 106 valence electrons. The number of fused-ring (bicyclic) bond motifs is 1. The summed E-state index contributed by atoms with van der Waals surface area (Å²) in [5.74, 6) is 1.86. The topological polar surface area (TPSA) is 70.3 Å². The zero-order valence-electron chi connectivity index (χ0n) is 11.2. The Morgan fingerprint density at radius 2 is 1.95 bits per heavy atom. The van der Waals surface area contributed by atoms with E-state index >= 15 is 0 Å². The molecule has 0 aliphatic carbocycles. The maximum atomic E-state index is 5.81. The number of anilines is 1. The first kappa shape index (κ1) is 13.6. The zero-order chi connectivity index (χ0) is 14.8. The first-order chi connectivity index (χ1) is 10.2. The summed E-state index contributed by atoms with van der Waals surface area (Å²) >= 11 is 3.47. The van der Waals surface area contributed by atoms with Gasteiger partial charge in [-0.2, -0.15) is 0 Å². The van der Waals surface area contributed by atoms with Crippen LogP contribution in [0.5, 0.6) is 17.4 Å². The number of ether oxygens (including phenoxy) is 2. The van der Waals surface area contributed by atoms with Crippen LogP contribution in [0.4, 0.5) is 5.69 Å². The molecule has 0 saturated carbocycles. The summed E-state index contributed by atoms with van der Waals surface area (Å²) in [4.78, 5) is 8.46. The van der Waals surface area contributed by atoms with Crippen molar-refractivity contribution in [1.82, 2.24) is 9.97 Å². The molecule has 5 nitrogen and oxygen atoms in total. The van der Waals surface area contributed by atoms with Gasteiger partial charge in [-0.15, -0.1) is 0 Å². The number of halogens is 1. The van der Waals surface area contributed by atoms with Crippen LogP contribution in [0.1, 0.15) is 0 Å². The quantitative estimate of drug-likeness (QED) is 0.782. The minimum atomic E-state index is 0.476. The molecule has 2 aromatic heterocycles. The molecular weight excluding hydrogens is 334 g/mol. The fraction of sp³-hybridized carbons (Fsp3) is 0.0667. The Balaban J connectivity index is 2.06. The minimum absolute atomic E-state index is 0.476. The van der Waals surface area contributed by atoms with Gasteiger partial charge in [0.25, 0.3) is 0 Å². The first-order valence-electron chi connectivity index (χ1n) is 6.19. The van der Waals surface area contributed by atoms with Gasteiger partial charge in [-0.05, 0) is 34.1 Å². The van der Waals surface area contributed by atoms with Gasteiger partial charge in [0.05, 0.1) is 29.0 Å². The van der Waals surface area contributed by atoms with Gasteiger partial charge < -0.3 is 15.2 Å². The van der Waals surface area contributed by atoms with Crippen molar-refractivity contribution in [2.24, 2.45) is 0 Å². The molecule has 0 radical (unpaired) electrons. The number of nitrogens with zero attached hydrogens (tertiary/aromatic N) is 2. The molecule has 3 rings (SSSR count). The molecule has 0 spiro atoms. The van der Waals surface area contributed by atoms with E-state index in [0.29, 0.717) is 17.3 Å². The van der Waals surface area contributed by atoms with E-state index in [2.05, 4.69) is 25.9 Å². The van der Waals surface area contributed by atoms with Gasteiger partial charge in [0.2, 0.25) is 5.88 Å². The van der Waals surface area contributed by atoms with Gasteiger partial charge >= 0.3 is 0 Å². The molecule has 0 bridgehead atoms. The molecule has 1 aromatic carbocycles. The summed E-state index contributed by atoms with van der Waals surface area (Å²) < 4.78 is 11.9. The molecule has 0 fully saturated rings. The van der Waals surface area contributed by atoms with Crippen molar-refractivity contribution in [3.63, 3.8) is 0 Å². The van der Waals surface area contributed by atoms with Crippen LogP contribution in [0.25, 0.3) is 10.9 Å². The van der Waals surface area contributed by atoms with E-state index < -0.39 is 0 Å². The summed E-state index contributed by atoms with van der Waals surface area (Å²) in [6.07, 6.45) is 3.24. The Labute approximate surface area is 129 Å². The Hall–Kier alpha value is -2.34. The van der Waals surface area contributed by atoms with Crippen LogP contribution in [0.2, 0.25) is 0 Å². The molecule has 2 heterocycles. The number of hydrogen-bond donors (Lipinski definition) is 1. The molecular formula is C15H12BrN3O2. The highest BCUT2D eigenvalue weighted by Crippen LogP contribution is 2.35. The maximum absolute atomic E-state index is 5.81. The fourth-order valence-electron chi connectivity index (χ4n) is 1.93. The van der Waals surface area contributed by atoms with E-state index in [0.717, 1.165) is 21.1 Å². The average Bonchev–Trinajstić information content (AvgIpc) is 2.49. The van der Waals surface area contributed by atoms with E-state index in [-0.39, 0.29) is 0 Å². The standard InChI is InChI=1S/C15H12BrN3O2/c1-20-14-7-12-10(6-11(14)16)13(4-5-18-12)21-15-3-2-9(17)8-19-15/h2-8H,17H2,1H3. The van der Waals surface area contributed by atoms with Crippen molar-refractivity contribution in [1.29, 1.82) is 0 Å². The summed E-state index contributed by atoms with van der Waals surface area (Å²) in [6, 6.07) is 9.01. The van der Waals surface area contributed by atoms with Crippen LogP contribution in [0.3, 0.4) is 0 Å². The number of pyridine rings is 2. The number of aromatic nitrogens is 2. The van der Waals surface area contributed by atoms with Gasteiger partial charge in [-0.25, -0.2) is 4.98 Å². The number of nitrogen functional groups attached to an aromatic ring is 1. The Bertz CT molecular complexity index is 791. The first-order valence-corrected chi connectivity index (χ1v) is 6.98. The Morgan fingerprint density at radius 1 is 1.10 bits per heavy atom. The summed E-state index contributed by atoms with van der Waals surface area (Å²) in [7, 11) is 1.62. The van der Waals surface area contributed by atoms with Crippen LogP contribution in [-0.4, -0.2) is 17.1 Å². The second kappa shape index (κ2) is 5.57. The molecule has 2 N–H and O–H groups in total. The molecule has 0 aliphatic rings. The van der Waals surface area contributed by atoms with Crippen LogP contribution in [-0.2, 0) is 0 Å². The second-order valence-corrected chi connectivity index (χ2v) is 5.20.